The van der Waals surface area contributed by atoms with Crippen LogP contribution in [0.25, 0.3) is 22.3 Å². The quantitative estimate of drug-likeness (QED) is 0.0468. The van der Waals surface area contributed by atoms with Crippen molar-refractivity contribution in [1.82, 2.24) is 0 Å². The van der Waals surface area contributed by atoms with E-state index in [1.54, 1.807) is 0 Å². The summed E-state index contributed by atoms with van der Waals surface area (Å²) in [7, 11) is -1.85. The van der Waals surface area contributed by atoms with Crippen LogP contribution in [0.3, 0.4) is 0 Å². The number of rotatable bonds is 8. The predicted octanol–water partition coefficient (Wildman–Crippen LogP) is 13.5. The van der Waals surface area contributed by atoms with Crippen molar-refractivity contribution < 1.29 is 44.8 Å². The Kier molecular flexibility index (Phi) is 17.4. The molecular formula is C59H52AgAuP2+2. The van der Waals surface area contributed by atoms with E-state index in [1.807, 2.05) is 24.3 Å². The van der Waals surface area contributed by atoms with Crippen molar-refractivity contribution in [2.24, 2.45) is 0 Å². The molecule has 2 aliphatic rings. The summed E-state index contributed by atoms with van der Waals surface area (Å²) in [6, 6.07) is 62.3. The molecule has 0 fully saturated rings. The molecule has 0 nitrogen and oxygen atoms in total. The molecule has 0 saturated carbocycles. The minimum Gasteiger partial charge on any atom is -0.366 e. The Labute approximate surface area is 410 Å². The average molecular weight is 1130 g/mol. The molecule has 0 radical (unpaired) electrons. The Bertz CT molecular complexity index is 2630. The third-order valence-electron chi connectivity index (χ3n) is 12.0. The van der Waals surface area contributed by atoms with Gasteiger partial charge in [0.1, 0.15) is 31.8 Å². The van der Waals surface area contributed by atoms with E-state index in [4.69, 9.17) is 12.8 Å². The number of allylic oxidation sites excluding steroid dienone is 4. The molecule has 0 bridgehead atoms. The molecular weight excluding hydrogens is 1080 g/mol. The van der Waals surface area contributed by atoms with Crippen molar-refractivity contribution in [3.05, 3.63) is 259 Å². The molecule has 9 rings (SSSR count). The van der Waals surface area contributed by atoms with E-state index >= 15 is 0 Å². The zero-order chi connectivity index (χ0) is 43.0. The van der Waals surface area contributed by atoms with Gasteiger partial charge in [0.25, 0.3) is 0 Å². The predicted molar refractivity (Wildman–Crippen MR) is 269 cm³/mol. The summed E-state index contributed by atoms with van der Waals surface area (Å²) in [6.07, 6.45) is 20.5. The Hall–Kier alpha value is -4.78. The average Bonchev–Trinajstić information content (AvgIpc) is 3.68. The molecule has 0 aliphatic heterocycles. The van der Waals surface area contributed by atoms with Gasteiger partial charge in [0.15, 0.2) is 5.90 Å². The molecule has 1 unspecified atom stereocenters. The van der Waals surface area contributed by atoms with Gasteiger partial charge in [-0.3, -0.25) is 11.8 Å². The van der Waals surface area contributed by atoms with Crippen LogP contribution in [0.5, 0.6) is 0 Å². The standard InChI is InChI=1S/C25H24P2.2C17H13.Ag.Au/c1-3-14-22(4-2)26(23-15-8-5-9-16-23)21-27(24-17-10-6-11-18-24)25-19-12-7-13-20-25;2*1-4-12-9-10-16-14(11-12)13-7-5-6-8-15(13)17(16,2)3;;/h3-20H,1-2,21H2;2*5-11H,2-3H3;;/q;2*-1;2*+1/p+2/b22-14+;;;;. The molecule has 0 saturated heterocycles. The van der Waals surface area contributed by atoms with Crippen LogP contribution in [-0.4, -0.2) is 5.90 Å². The van der Waals surface area contributed by atoms with Crippen LogP contribution in [0.2, 0.25) is 0 Å². The van der Waals surface area contributed by atoms with Crippen LogP contribution in [0.4, 0.5) is 0 Å². The van der Waals surface area contributed by atoms with Gasteiger partial charge < -0.3 is 12.8 Å². The summed E-state index contributed by atoms with van der Waals surface area (Å²) in [6.45, 7) is 17.0. The van der Waals surface area contributed by atoms with Gasteiger partial charge in [0.2, 0.25) is 0 Å². The van der Waals surface area contributed by atoms with Crippen LogP contribution < -0.4 is 15.9 Å². The summed E-state index contributed by atoms with van der Waals surface area (Å²) in [4.78, 5) is 0. The zero-order valence-electron chi connectivity index (χ0n) is 36.2. The minimum absolute atomic E-state index is 0. The minimum atomic E-state index is -0.950. The first-order chi connectivity index (χ1) is 29.6. The van der Waals surface area contributed by atoms with Crippen molar-refractivity contribution in [2.75, 3.05) is 5.90 Å². The van der Waals surface area contributed by atoms with Crippen LogP contribution >= 0.6 is 15.8 Å². The molecule has 63 heavy (non-hydrogen) atoms. The number of benzene rings is 7. The second-order valence-corrected chi connectivity index (χ2v) is 22.0. The van der Waals surface area contributed by atoms with Crippen molar-refractivity contribution in [2.45, 2.75) is 38.5 Å². The van der Waals surface area contributed by atoms with Crippen molar-refractivity contribution in [3.63, 3.8) is 0 Å². The fourth-order valence-electron chi connectivity index (χ4n) is 8.85. The van der Waals surface area contributed by atoms with E-state index in [-0.39, 0.29) is 55.6 Å². The van der Waals surface area contributed by atoms with Crippen molar-refractivity contribution in [3.8, 4) is 34.1 Å². The Morgan fingerprint density at radius 1 is 0.508 bits per heavy atom. The van der Waals surface area contributed by atoms with E-state index in [0.717, 1.165) is 11.1 Å². The molecule has 0 aromatic heterocycles. The molecule has 318 valence electrons. The largest absolute Gasteiger partial charge is 1.00 e. The van der Waals surface area contributed by atoms with Crippen LogP contribution in [0, 0.1) is 24.7 Å². The maximum Gasteiger partial charge on any atom is 1.00 e. The molecule has 4 heteroatoms. The number of fused-ring (bicyclic) bond motifs is 6. The third-order valence-corrected chi connectivity index (χ3v) is 19.0. The van der Waals surface area contributed by atoms with Gasteiger partial charge in [-0.1, -0.05) is 162 Å². The fourth-order valence-corrected chi connectivity index (χ4v) is 16.5. The second-order valence-electron chi connectivity index (χ2n) is 16.4. The monoisotopic (exact) mass is 1130 g/mol. The zero-order valence-corrected chi connectivity index (χ0v) is 41.8. The van der Waals surface area contributed by atoms with Gasteiger partial charge in [-0.2, -0.15) is 0 Å². The van der Waals surface area contributed by atoms with E-state index in [9.17, 15) is 0 Å². The summed E-state index contributed by atoms with van der Waals surface area (Å²) in [5.74, 6) is 6.11. The van der Waals surface area contributed by atoms with Crippen molar-refractivity contribution in [1.29, 1.82) is 0 Å². The maximum absolute atomic E-state index is 7.24. The topological polar surface area (TPSA) is 0 Å². The third kappa shape index (κ3) is 10.6. The maximum atomic E-state index is 7.24. The molecule has 0 spiro atoms. The Morgan fingerprint density at radius 2 is 0.873 bits per heavy atom. The van der Waals surface area contributed by atoms with Gasteiger partial charge in [-0.05, 0) is 93.1 Å². The molecule has 1 atom stereocenters. The second kappa shape index (κ2) is 22.2. The molecule has 7 aromatic rings. The summed E-state index contributed by atoms with van der Waals surface area (Å²) < 4.78 is 0. The van der Waals surface area contributed by atoms with E-state index in [0.29, 0.717) is 0 Å². The molecule has 0 amide bonds. The molecule has 2 aliphatic carbocycles. The molecule has 0 heterocycles. The van der Waals surface area contributed by atoms with Crippen LogP contribution in [0.15, 0.2) is 213 Å². The van der Waals surface area contributed by atoms with Crippen molar-refractivity contribution >= 4 is 31.8 Å². The first-order valence-electron chi connectivity index (χ1n) is 20.8. The van der Waals surface area contributed by atoms with Gasteiger partial charge >= 0.3 is 44.8 Å². The van der Waals surface area contributed by atoms with Crippen LogP contribution in [0.1, 0.15) is 61.1 Å². The van der Waals surface area contributed by atoms with Gasteiger partial charge in [0, 0.05) is 10.8 Å². The van der Waals surface area contributed by atoms with Gasteiger partial charge in [-0.15, -0.1) is 35.4 Å². The van der Waals surface area contributed by atoms with Gasteiger partial charge in [-0.25, -0.2) is 0 Å². The summed E-state index contributed by atoms with van der Waals surface area (Å²) in [5.41, 5.74) is 12.3. The van der Waals surface area contributed by atoms with E-state index in [1.165, 1.54) is 71.6 Å². The smallest absolute Gasteiger partial charge is 0.366 e. The first-order valence-corrected chi connectivity index (χ1v) is 24.2. The van der Waals surface area contributed by atoms with E-state index in [2.05, 4.69) is 223 Å². The number of hydrogen-bond acceptors (Lipinski definition) is 0. The Balaban J connectivity index is 0.000000182. The summed E-state index contributed by atoms with van der Waals surface area (Å²) in [5, 5.41) is 5.70. The normalized spacial score (nSPS) is 13.4. The number of hydrogen-bond donors (Lipinski definition) is 0. The SMILES string of the molecule is C=C/C=C(\C=C)[PH+](C[PH+](c1ccccc1)c1ccccc1)c1ccccc1.[Ag+].[Au+].[C-]#Cc1ccc2c(c1)-c1ccccc1C2(C)C.[C-]#Cc1ccc2c(c1)-c1ccccc1C2(C)C. The van der Waals surface area contributed by atoms with Gasteiger partial charge in [0.05, 0.1) is 5.31 Å². The first kappa shape index (κ1) is 49.2. The fraction of sp³-hybridized carbons (Fsp3) is 0.119. The molecule has 7 aromatic carbocycles. The Morgan fingerprint density at radius 3 is 1.25 bits per heavy atom. The molecule has 0 N–H and O–H groups in total. The van der Waals surface area contributed by atoms with E-state index < -0.39 is 15.8 Å². The van der Waals surface area contributed by atoms with Crippen LogP contribution in [-0.2, 0) is 55.6 Å². The summed E-state index contributed by atoms with van der Waals surface area (Å²) >= 11 is 0.